The summed E-state index contributed by atoms with van der Waals surface area (Å²) >= 11 is 0. The molecular weight excluding hydrogens is 252 g/mol. The largest absolute Gasteiger partial charge is 0.398 e. The molecule has 20 heavy (non-hydrogen) atoms. The maximum absolute atomic E-state index is 11.5. The summed E-state index contributed by atoms with van der Waals surface area (Å²) in [6.45, 7) is 5.69. The average molecular weight is 270 g/mol. The molecule has 2 aromatic rings. The lowest BCUT2D eigenvalue weighted by molar-refractivity contribution is 0.1000. The number of anilines is 1. The minimum atomic E-state index is -0.488. The molecule has 0 aliphatic carbocycles. The number of hydrogen-bond donors (Lipinski definition) is 2. The quantitative estimate of drug-likeness (QED) is 0.834. The summed E-state index contributed by atoms with van der Waals surface area (Å²) in [7, 11) is 0. The van der Waals surface area contributed by atoms with Gasteiger partial charge in [-0.25, -0.2) is 0 Å². The van der Waals surface area contributed by atoms with Crippen molar-refractivity contribution < 1.29 is 4.79 Å². The van der Waals surface area contributed by atoms with Gasteiger partial charge >= 0.3 is 0 Å². The number of carbonyl (C=O) groups is 1. The van der Waals surface area contributed by atoms with Gasteiger partial charge in [0, 0.05) is 23.0 Å². The van der Waals surface area contributed by atoms with E-state index in [9.17, 15) is 4.79 Å². The second-order valence-electron chi connectivity index (χ2n) is 4.75. The monoisotopic (exact) mass is 270 g/mol. The van der Waals surface area contributed by atoms with Crippen LogP contribution in [0.4, 0.5) is 5.69 Å². The van der Waals surface area contributed by atoms with Crippen molar-refractivity contribution in [3.05, 3.63) is 40.8 Å². The minimum Gasteiger partial charge on any atom is -0.398 e. The summed E-state index contributed by atoms with van der Waals surface area (Å²) in [4.78, 5) is 20.1. The third-order valence-corrected chi connectivity index (χ3v) is 3.42. The number of aromatic nitrogens is 2. The molecular formula is C15H18N4O. The van der Waals surface area contributed by atoms with Gasteiger partial charge in [0.15, 0.2) is 0 Å². The molecule has 0 bridgehead atoms. The van der Waals surface area contributed by atoms with Crippen LogP contribution in [0.3, 0.4) is 0 Å². The van der Waals surface area contributed by atoms with E-state index in [-0.39, 0.29) is 0 Å². The molecule has 2 rings (SSSR count). The zero-order valence-electron chi connectivity index (χ0n) is 11.9. The molecule has 0 aliphatic rings. The van der Waals surface area contributed by atoms with Crippen molar-refractivity contribution in [3.8, 4) is 11.3 Å². The highest BCUT2D eigenvalue weighted by Crippen LogP contribution is 2.31. The lowest BCUT2D eigenvalue weighted by Crippen LogP contribution is -2.15. The third kappa shape index (κ3) is 2.34. The lowest BCUT2D eigenvalue weighted by atomic mass is 9.93. The second-order valence-corrected chi connectivity index (χ2v) is 4.75. The molecule has 1 heterocycles. The fourth-order valence-electron chi connectivity index (χ4n) is 2.25. The van der Waals surface area contributed by atoms with Crippen molar-refractivity contribution in [2.24, 2.45) is 5.73 Å². The van der Waals surface area contributed by atoms with Crippen LogP contribution in [0.15, 0.2) is 18.5 Å². The standard InChI is InChI=1S/C15H18N4O/c1-4-10-12(13-7-18-8(2)6-19-13)5-11(15(17)20)9(3)14(10)16/h5-7H,4,16H2,1-3H3,(H2,17,20). The molecule has 5 heteroatoms. The van der Waals surface area contributed by atoms with E-state index in [4.69, 9.17) is 11.5 Å². The highest BCUT2D eigenvalue weighted by atomic mass is 16.1. The van der Waals surface area contributed by atoms with E-state index >= 15 is 0 Å². The molecule has 0 unspecified atom stereocenters. The lowest BCUT2D eigenvalue weighted by Gasteiger charge is -2.15. The highest BCUT2D eigenvalue weighted by molar-refractivity contribution is 5.98. The molecule has 5 nitrogen and oxygen atoms in total. The fourth-order valence-corrected chi connectivity index (χ4v) is 2.25. The number of nitrogens with two attached hydrogens (primary N) is 2. The first kappa shape index (κ1) is 14.0. The van der Waals surface area contributed by atoms with E-state index in [0.29, 0.717) is 16.9 Å². The van der Waals surface area contributed by atoms with Crippen LogP contribution in [0.5, 0.6) is 0 Å². The van der Waals surface area contributed by atoms with Crippen LogP contribution in [0.1, 0.15) is 34.1 Å². The Kier molecular flexibility index (Phi) is 3.70. The summed E-state index contributed by atoms with van der Waals surface area (Å²) in [5, 5.41) is 0. The van der Waals surface area contributed by atoms with Crippen LogP contribution in [0.2, 0.25) is 0 Å². The number of nitrogen functional groups attached to an aromatic ring is 1. The summed E-state index contributed by atoms with van der Waals surface area (Å²) in [5.41, 5.74) is 16.6. The van der Waals surface area contributed by atoms with Crippen LogP contribution in [-0.2, 0) is 6.42 Å². The number of primary amides is 1. The van der Waals surface area contributed by atoms with Crippen molar-refractivity contribution in [1.29, 1.82) is 0 Å². The van der Waals surface area contributed by atoms with Crippen LogP contribution < -0.4 is 11.5 Å². The van der Waals surface area contributed by atoms with Crippen molar-refractivity contribution in [2.75, 3.05) is 5.73 Å². The molecule has 1 amide bonds. The normalized spacial score (nSPS) is 10.6. The van der Waals surface area contributed by atoms with Gasteiger partial charge in [-0.1, -0.05) is 6.92 Å². The summed E-state index contributed by atoms with van der Waals surface area (Å²) in [6, 6.07) is 1.76. The van der Waals surface area contributed by atoms with Crippen LogP contribution in [0, 0.1) is 13.8 Å². The Morgan fingerprint density at radius 2 is 1.95 bits per heavy atom. The Morgan fingerprint density at radius 3 is 2.45 bits per heavy atom. The van der Waals surface area contributed by atoms with Gasteiger partial charge in [-0.05, 0) is 37.5 Å². The van der Waals surface area contributed by atoms with Gasteiger partial charge in [0.05, 0.1) is 17.6 Å². The van der Waals surface area contributed by atoms with Gasteiger partial charge in [-0.3, -0.25) is 14.8 Å². The summed E-state index contributed by atoms with van der Waals surface area (Å²) in [5.74, 6) is -0.488. The van der Waals surface area contributed by atoms with Gasteiger partial charge in [0.25, 0.3) is 0 Å². The maximum atomic E-state index is 11.5. The zero-order chi connectivity index (χ0) is 14.9. The number of carbonyl (C=O) groups excluding carboxylic acids is 1. The second kappa shape index (κ2) is 5.28. The average Bonchev–Trinajstić information content (AvgIpc) is 2.42. The van der Waals surface area contributed by atoms with E-state index in [1.807, 2.05) is 13.8 Å². The zero-order valence-corrected chi connectivity index (χ0v) is 11.9. The number of nitrogens with zero attached hydrogens (tertiary/aromatic N) is 2. The molecule has 0 saturated carbocycles. The molecule has 0 fully saturated rings. The molecule has 0 aliphatic heterocycles. The molecule has 1 aromatic heterocycles. The van der Waals surface area contributed by atoms with E-state index in [1.54, 1.807) is 25.4 Å². The molecule has 1 aromatic carbocycles. The smallest absolute Gasteiger partial charge is 0.249 e. The van der Waals surface area contributed by atoms with Gasteiger partial charge in [-0.2, -0.15) is 0 Å². The van der Waals surface area contributed by atoms with Crippen molar-refractivity contribution >= 4 is 11.6 Å². The van der Waals surface area contributed by atoms with Crippen molar-refractivity contribution in [2.45, 2.75) is 27.2 Å². The van der Waals surface area contributed by atoms with Gasteiger partial charge < -0.3 is 11.5 Å². The Labute approximate surface area is 118 Å². The molecule has 4 N–H and O–H groups in total. The Hall–Kier alpha value is -2.43. The number of hydrogen-bond acceptors (Lipinski definition) is 4. The third-order valence-electron chi connectivity index (χ3n) is 3.42. The predicted molar refractivity (Wildman–Crippen MR) is 79.3 cm³/mol. The fraction of sp³-hybridized carbons (Fsp3) is 0.267. The molecule has 0 spiro atoms. The van der Waals surface area contributed by atoms with Gasteiger partial charge in [0.1, 0.15) is 0 Å². The van der Waals surface area contributed by atoms with Crippen molar-refractivity contribution in [3.63, 3.8) is 0 Å². The van der Waals surface area contributed by atoms with E-state index in [0.717, 1.165) is 28.8 Å². The Balaban J connectivity index is 2.73. The number of aryl methyl sites for hydroxylation is 1. The van der Waals surface area contributed by atoms with Crippen LogP contribution >= 0.6 is 0 Å². The molecule has 0 saturated heterocycles. The number of amides is 1. The van der Waals surface area contributed by atoms with E-state index in [2.05, 4.69) is 9.97 Å². The van der Waals surface area contributed by atoms with E-state index < -0.39 is 5.91 Å². The van der Waals surface area contributed by atoms with Crippen molar-refractivity contribution in [1.82, 2.24) is 9.97 Å². The topological polar surface area (TPSA) is 94.9 Å². The summed E-state index contributed by atoms with van der Waals surface area (Å²) in [6.07, 6.45) is 4.12. The minimum absolute atomic E-state index is 0.428. The molecule has 0 atom stereocenters. The molecule has 0 radical (unpaired) electrons. The van der Waals surface area contributed by atoms with Crippen LogP contribution in [-0.4, -0.2) is 15.9 Å². The van der Waals surface area contributed by atoms with Crippen LogP contribution in [0.25, 0.3) is 11.3 Å². The van der Waals surface area contributed by atoms with Gasteiger partial charge in [-0.15, -0.1) is 0 Å². The predicted octanol–water partition coefficient (Wildman–Crippen LogP) is 2.00. The summed E-state index contributed by atoms with van der Waals surface area (Å²) < 4.78 is 0. The first-order chi connectivity index (χ1) is 9.45. The van der Waals surface area contributed by atoms with Gasteiger partial charge in [0.2, 0.25) is 5.91 Å². The Bertz CT molecular complexity index is 663. The van der Waals surface area contributed by atoms with E-state index in [1.165, 1.54) is 0 Å². The SMILES string of the molecule is CCc1c(-c2cnc(C)cn2)cc(C(N)=O)c(C)c1N. The number of benzene rings is 1. The first-order valence-corrected chi connectivity index (χ1v) is 6.46. The number of rotatable bonds is 3. The Morgan fingerprint density at radius 1 is 1.25 bits per heavy atom. The first-order valence-electron chi connectivity index (χ1n) is 6.46. The molecule has 104 valence electrons. The maximum Gasteiger partial charge on any atom is 0.249 e. The highest BCUT2D eigenvalue weighted by Gasteiger charge is 2.17.